The van der Waals surface area contributed by atoms with Gasteiger partial charge >= 0.3 is 0 Å². The third kappa shape index (κ3) is 5.64. The van der Waals surface area contributed by atoms with Gasteiger partial charge in [0.2, 0.25) is 10.0 Å². The highest BCUT2D eigenvalue weighted by molar-refractivity contribution is 7.89. The monoisotopic (exact) mass is 315 g/mol. The van der Waals surface area contributed by atoms with Gasteiger partial charge in [-0.1, -0.05) is 12.2 Å². The number of amides is 1. The summed E-state index contributed by atoms with van der Waals surface area (Å²) in [4.78, 5) is 11.8. The van der Waals surface area contributed by atoms with E-state index >= 15 is 0 Å². The summed E-state index contributed by atoms with van der Waals surface area (Å²) in [6.07, 6.45) is 1.73. The first-order valence-corrected chi connectivity index (χ1v) is 8.05. The first-order valence-electron chi connectivity index (χ1n) is 6.03. The van der Waals surface area contributed by atoms with E-state index in [-0.39, 0.29) is 10.8 Å². The minimum Gasteiger partial charge on any atom is -0.382 e. The lowest BCUT2D eigenvalue weighted by molar-refractivity contribution is 0.0953. The number of sulfonamides is 1. The van der Waals surface area contributed by atoms with Crippen molar-refractivity contribution in [1.82, 2.24) is 10.6 Å². The molecule has 110 valence electrons. The SMILES string of the molecule is NS(=O)(=O)c1ccc(C(=O)NCCCCNC=S)cc1. The van der Waals surface area contributed by atoms with Crippen LogP contribution in [0.3, 0.4) is 0 Å². The minimum absolute atomic E-state index is 0.0136. The summed E-state index contributed by atoms with van der Waals surface area (Å²) >= 11 is 4.61. The van der Waals surface area contributed by atoms with Crippen molar-refractivity contribution in [3.63, 3.8) is 0 Å². The van der Waals surface area contributed by atoms with Crippen LogP contribution in [0, 0.1) is 0 Å². The molecule has 0 aromatic heterocycles. The van der Waals surface area contributed by atoms with E-state index in [2.05, 4.69) is 22.9 Å². The van der Waals surface area contributed by atoms with Crippen molar-refractivity contribution < 1.29 is 13.2 Å². The molecule has 0 heterocycles. The molecule has 20 heavy (non-hydrogen) atoms. The van der Waals surface area contributed by atoms with E-state index in [0.29, 0.717) is 12.1 Å². The Morgan fingerprint density at radius 3 is 2.35 bits per heavy atom. The number of unbranched alkanes of at least 4 members (excludes halogenated alkanes) is 1. The fraction of sp³-hybridized carbons (Fsp3) is 0.333. The zero-order valence-corrected chi connectivity index (χ0v) is 12.5. The molecule has 1 aromatic rings. The fourth-order valence-electron chi connectivity index (χ4n) is 1.51. The molecule has 0 unspecified atom stereocenters. The summed E-state index contributed by atoms with van der Waals surface area (Å²) in [6.45, 7) is 1.33. The van der Waals surface area contributed by atoms with Gasteiger partial charge in [0.05, 0.1) is 10.4 Å². The minimum atomic E-state index is -3.73. The second-order valence-corrected chi connectivity index (χ2v) is 5.90. The highest BCUT2D eigenvalue weighted by Crippen LogP contribution is 2.08. The summed E-state index contributed by atoms with van der Waals surface area (Å²) in [5, 5.41) is 10.6. The van der Waals surface area contributed by atoms with E-state index in [1.165, 1.54) is 29.8 Å². The van der Waals surface area contributed by atoms with Crippen molar-refractivity contribution in [2.24, 2.45) is 5.14 Å². The average molecular weight is 315 g/mol. The zero-order valence-electron chi connectivity index (χ0n) is 10.8. The van der Waals surface area contributed by atoms with Gasteiger partial charge in [-0.2, -0.15) is 0 Å². The molecule has 1 aromatic carbocycles. The Morgan fingerprint density at radius 2 is 1.80 bits per heavy atom. The maximum absolute atomic E-state index is 11.8. The number of rotatable bonds is 8. The lowest BCUT2D eigenvalue weighted by Gasteiger charge is -2.06. The molecule has 0 fully saturated rings. The van der Waals surface area contributed by atoms with Crippen LogP contribution >= 0.6 is 12.2 Å². The van der Waals surface area contributed by atoms with Gasteiger partial charge in [-0.05, 0) is 37.1 Å². The van der Waals surface area contributed by atoms with Crippen LogP contribution in [-0.2, 0) is 10.0 Å². The van der Waals surface area contributed by atoms with E-state index in [4.69, 9.17) is 5.14 Å². The van der Waals surface area contributed by atoms with Crippen molar-refractivity contribution >= 4 is 33.6 Å². The molecular formula is C12H17N3O3S2. The van der Waals surface area contributed by atoms with E-state index in [1.807, 2.05) is 0 Å². The van der Waals surface area contributed by atoms with Crippen molar-refractivity contribution in [3.05, 3.63) is 29.8 Å². The van der Waals surface area contributed by atoms with E-state index in [0.717, 1.165) is 19.4 Å². The number of thiocarbonyl (C=S) groups is 1. The van der Waals surface area contributed by atoms with Crippen LogP contribution in [0.5, 0.6) is 0 Å². The summed E-state index contributed by atoms with van der Waals surface area (Å²) < 4.78 is 22.1. The Hall–Kier alpha value is -1.51. The Labute approximate surface area is 123 Å². The summed E-state index contributed by atoms with van der Waals surface area (Å²) in [7, 11) is -3.73. The van der Waals surface area contributed by atoms with E-state index < -0.39 is 10.0 Å². The average Bonchev–Trinajstić information content (AvgIpc) is 2.41. The normalized spacial score (nSPS) is 10.8. The molecule has 4 N–H and O–H groups in total. The summed E-state index contributed by atoms with van der Waals surface area (Å²) in [5.74, 6) is -0.242. The van der Waals surface area contributed by atoms with Crippen LogP contribution in [0.4, 0.5) is 0 Å². The van der Waals surface area contributed by atoms with Gasteiger partial charge in [0.15, 0.2) is 0 Å². The van der Waals surface area contributed by atoms with Crippen molar-refractivity contribution in [3.8, 4) is 0 Å². The Morgan fingerprint density at radius 1 is 1.20 bits per heavy atom. The zero-order chi connectivity index (χ0) is 15.0. The van der Waals surface area contributed by atoms with Gasteiger partial charge in [0.25, 0.3) is 5.91 Å². The number of nitrogens with two attached hydrogens (primary N) is 1. The van der Waals surface area contributed by atoms with Gasteiger partial charge in [0, 0.05) is 18.7 Å². The second-order valence-electron chi connectivity index (χ2n) is 4.10. The molecule has 0 radical (unpaired) electrons. The lowest BCUT2D eigenvalue weighted by Crippen LogP contribution is -2.25. The number of benzene rings is 1. The molecule has 6 nitrogen and oxygen atoms in total. The molecule has 1 amide bonds. The fourth-order valence-corrected chi connectivity index (χ4v) is 2.14. The molecule has 0 saturated carbocycles. The number of nitrogens with one attached hydrogen (secondary N) is 2. The lowest BCUT2D eigenvalue weighted by atomic mass is 10.2. The number of carbonyl (C=O) groups is 1. The second kappa shape index (κ2) is 7.93. The number of hydrogen-bond donors (Lipinski definition) is 3. The molecule has 0 aliphatic carbocycles. The molecule has 0 spiro atoms. The van der Waals surface area contributed by atoms with Gasteiger partial charge in [-0.3, -0.25) is 4.79 Å². The first kappa shape index (κ1) is 16.5. The van der Waals surface area contributed by atoms with Crippen LogP contribution in [0.15, 0.2) is 29.2 Å². The van der Waals surface area contributed by atoms with Crippen LogP contribution in [0.2, 0.25) is 0 Å². The molecular weight excluding hydrogens is 298 g/mol. The smallest absolute Gasteiger partial charge is 0.251 e. The summed E-state index contributed by atoms with van der Waals surface area (Å²) in [6, 6.07) is 5.49. The highest BCUT2D eigenvalue weighted by Gasteiger charge is 2.09. The van der Waals surface area contributed by atoms with Crippen molar-refractivity contribution in [2.45, 2.75) is 17.7 Å². The Bertz CT molecular complexity index is 556. The van der Waals surface area contributed by atoms with Crippen molar-refractivity contribution in [2.75, 3.05) is 13.1 Å². The quantitative estimate of drug-likeness (QED) is 0.476. The molecule has 0 aliphatic rings. The maximum atomic E-state index is 11.8. The largest absolute Gasteiger partial charge is 0.382 e. The highest BCUT2D eigenvalue weighted by atomic mass is 32.2. The van der Waals surface area contributed by atoms with Gasteiger partial charge in [-0.15, -0.1) is 0 Å². The topological polar surface area (TPSA) is 101 Å². The number of hydrogen-bond acceptors (Lipinski definition) is 4. The third-order valence-corrected chi connectivity index (χ3v) is 3.66. The first-order chi connectivity index (χ1) is 9.45. The van der Waals surface area contributed by atoms with Gasteiger partial charge < -0.3 is 10.6 Å². The van der Waals surface area contributed by atoms with Crippen LogP contribution < -0.4 is 15.8 Å². The predicted octanol–water partition coefficient (Wildman–Crippen LogP) is 0.391. The number of primary sulfonamides is 1. The molecule has 0 bridgehead atoms. The van der Waals surface area contributed by atoms with Crippen molar-refractivity contribution in [1.29, 1.82) is 0 Å². The Kier molecular flexibility index (Phi) is 6.56. The molecule has 8 heteroatoms. The summed E-state index contributed by atoms with van der Waals surface area (Å²) in [5.41, 5.74) is 1.86. The standard InChI is InChI=1S/C12H17N3O3S2/c13-20(17,18)11-5-3-10(4-6-11)12(16)15-8-2-1-7-14-9-19/h3-6,9H,1-2,7-8H2,(H,14,19)(H,15,16)(H2,13,17,18). The molecule has 0 atom stereocenters. The number of carbonyl (C=O) groups excluding carboxylic acids is 1. The van der Waals surface area contributed by atoms with Crippen LogP contribution in [-0.4, -0.2) is 32.9 Å². The third-order valence-electron chi connectivity index (χ3n) is 2.56. The Balaban J connectivity index is 2.42. The molecule has 0 saturated heterocycles. The van der Waals surface area contributed by atoms with Crippen LogP contribution in [0.1, 0.15) is 23.2 Å². The van der Waals surface area contributed by atoms with E-state index in [1.54, 1.807) is 0 Å². The maximum Gasteiger partial charge on any atom is 0.251 e. The van der Waals surface area contributed by atoms with Gasteiger partial charge in [-0.25, -0.2) is 13.6 Å². The van der Waals surface area contributed by atoms with E-state index in [9.17, 15) is 13.2 Å². The molecule has 0 aliphatic heterocycles. The molecule has 1 rings (SSSR count). The predicted molar refractivity (Wildman–Crippen MR) is 81.0 cm³/mol. The van der Waals surface area contributed by atoms with Gasteiger partial charge in [0.1, 0.15) is 0 Å². The van der Waals surface area contributed by atoms with Crippen LogP contribution in [0.25, 0.3) is 0 Å².